The third-order valence-electron chi connectivity index (χ3n) is 5.14. The van der Waals surface area contributed by atoms with Crippen LogP contribution in [0.15, 0.2) is 24.3 Å². The normalized spacial score (nSPS) is 26.4. The van der Waals surface area contributed by atoms with Crippen molar-refractivity contribution in [1.82, 2.24) is 9.80 Å². The first-order valence-electron chi connectivity index (χ1n) is 8.72. The van der Waals surface area contributed by atoms with Gasteiger partial charge in [-0.05, 0) is 50.6 Å². The summed E-state index contributed by atoms with van der Waals surface area (Å²) in [7, 11) is 0. The smallest absolute Gasteiger partial charge is 0.236 e. The van der Waals surface area contributed by atoms with E-state index in [0.717, 1.165) is 26.1 Å². The van der Waals surface area contributed by atoms with Crippen LogP contribution >= 0.6 is 0 Å². The summed E-state index contributed by atoms with van der Waals surface area (Å²) in [4.78, 5) is 17.1. The summed E-state index contributed by atoms with van der Waals surface area (Å²) >= 11 is 0. The van der Waals surface area contributed by atoms with E-state index in [1.165, 1.54) is 30.4 Å². The van der Waals surface area contributed by atoms with E-state index >= 15 is 0 Å². The Bertz CT molecular complexity index is 528. The molecular formula is C19H28N2O. The number of amides is 1. The summed E-state index contributed by atoms with van der Waals surface area (Å²) < 4.78 is 0. The largest absolute Gasteiger partial charge is 0.341 e. The van der Waals surface area contributed by atoms with E-state index in [4.69, 9.17) is 0 Å². The van der Waals surface area contributed by atoms with Crippen LogP contribution in [0.1, 0.15) is 49.8 Å². The van der Waals surface area contributed by atoms with Gasteiger partial charge in [0.2, 0.25) is 5.91 Å². The molecule has 1 aromatic carbocycles. The zero-order valence-corrected chi connectivity index (χ0v) is 13.9. The molecule has 1 amide bonds. The lowest BCUT2D eigenvalue weighted by Gasteiger charge is -2.33. The number of carbonyl (C=O) groups excluding carboxylic acids is 1. The molecule has 0 unspecified atom stereocenters. The monoisotopic (exact) mass is 300 g/mol. The van der Waals surface area contributed by atoms with Gasteiger partial charge in [0.05, 0.1) is 6.54 Å². The summed E-state index contributed by atoms with van der Waals surface area (Å²) in [6, 6.07) is 9.18. The van der Waals surface area contributed by atoms with Crippen LogP contribution < -0.4 is 0 Å². The maximum atomic E-state index is 12.6. The van der Waals surface area contributed by atoms with Crippen molar-refractivity contribution in [2.24, 2.45) is 5.92 Å². The first-order valence-corrected chi connectivity index (χ1v) is 8.72. The van der Waals surface area contributed by atoms with Crippen LogP contribution in [-0.2, 0) is 4.79 Å². The Balaban J connectivity index is 1.64. The van der Waals surface area contributed by atoms with Gasteiger partial charge in [0, 0.05) is 19.1 Å². The molecule has 3 nitrogen and oxygen atoms in total. The van der Waals surface area contributed by atoms with Gasteiger partial charge in [0.25, 0.3) is 0 Å². The van der Waals surface area contributed by atoms with Crippen molar-refractivity contribution >= 4 is 5.91 Å². The quantitative estimate of drug-likeness (QED) is 0.854. The molecule has 0 aliphatic carbocycles. The van der Waals surface area contributed by atoms with Crippen molar-refractivity contribution in [2.75, 3.05) is 26.2 Å². The van der Waals surface area contributed by atoms with Gasteiger partial charge >= 0.3 is 0 Å². The second-order valence-corrected chi connectivity index (χ2v) is 7.13. The van der Waals surface area contributed by atoms with Crippen LogP contribution in [0.2, 0.25) is 0 Å². The minimum absolute atomic E-state index is 0.325. The Kier molecular flexibility index (Phi) is 4.82. The van der Waals surface area contributed by atoms with E-state index < -0.39 is 0 Å². The molecule has 2 fully saturated rings. The number of benzene rings is 1. The molecule has 2 saturated heterocycles. The first-order chi connectivity index (χ1) is 10.6. The second-order valence-electron chi connectivity index (χ2n) is 7.13. The third-order valence-corrected chi connectivity index (χ3v) is 5.14. The predicted octanol–water partition coefficient (Wildman–Crippen LogP) is 3.39. The molecule has 0 saturated carbocycles. The second kappa shape index (κ2) is 6.82. The SMILES string of the molecule is Cc1cccc([C@@H]2CCCN2CC(=O)N2CCC[C@H](C)C2)c1. The van der Waals surface area contributed by atoms with E-state index in [1.54, 1.807) is 0 Å². The van der Waals surface area contributed by atoms with E-state index in [1.807, 2.05) is 0 Å². The number of piperidine rings is 1. The molecule has 120 valence electrons. The number of hydrogen-bond acceptors (Lipinski definition) is 2. The number of carbonyl (C=O) groups is 1. The molecule has 2 aliphatic rings. The molecular weight excluding hydrogens is 272 g/mol. The van der Waals surface area contributed by atoms with Gasteiger partial charge in [0.1, 0.15) is 0 Å². The van der Waals surface area contributed by atoms with Gasteiger partial charge in [-0.1, -0.05) is 36.8 Å². The van der Waals surface area contributed by atoms with Crippen LogP contribution in [0.5, 0.6) is 0 Å². The van der Waals surface area contributed by atoms with Crippen molar-refractivity contribution in [3.8, 4) is 0 Å². The highest BCUT2D eigenvalue weighted by molar-refractivity contribution is 5.78. The average Bonchev–Trinajstić information content (AvgIpc) is 2.95. The molecule has 3 heteroatoms. The lowest BCUT2D eigenvalue weighted by Crippen LogP contribution is -2.44. The Hall–Kier alpha value is -1.35. The Labute approximate surface area is 134 Å². The minimum atomic E-state index is 0.325. The van der Waals surface area contributed by atoms with Crippen LogP contribution in [0.3, 0.4) is 0 Å². The lowest BCUT2D eigenvalue weighted by atomic mass is 10.00. The fourth-order valence-corrected chi connectivity index (χ4v) is 3.96. The van der Waals surface area contributed by atoms with Crippen LogP contribution in [-0.4, -0.2) is 41.9 Å². The Morgan fingerprint density at radius 2 is 2.05 bits per heavy atom. The van der Waals surface area contributed by atoms with Crippen molar-refractivity contribution in [3.05, 3.63) is 35.4 Å². The molecule has 0 N–H and O–H groups in total. The zero-order chi connectivity index (χ0) is 15.5. The summed E-state index contributed by atoms with van der Waals surface area (Å²) in [6.45, 7) is 7.93. The number of nitrogens with zero attached hydrogens (tertiary/aromatic N) is 2. The molecule has 0 spiro atoms. The molecule has 2 aliphatic heterocycles. The van der Waals surface area contributed by atoms with Crippen LogP contribution in [0, 0.1) is 12.8 Å². The average molecular weight is 300 g/mol. The minimum Gasteiger partial charge on any atom is -0.341 e. The van der Waals surface area contributed by atoms with Gasteiger partial charge in [-0.3, -0.25) is 9.69 Å². The van der Waals surface area contributed by atoms with Crippen LogP contribution in [0.25, 0.3) is 0 Å². The van der Waals surface area contributed by atoms with Gasteiger partial charge in [0.15, 0.2) is 0 Å². The first kappa shape index (κ1) is 15.5. The van der Waals surface area contributed by atoms with Gasteiger partial charge < -0.3 is 4.90 Å². The van der Waals surface area contributed by atoms with Crippen molar-refractivity contribution in [1.29, 1.82) is 0 Å². The zero-order valence-electron chi connectivity index (χ0n) is 13.9. The molecule has 0 radical (unpaired) electrons. The number of rotatable bonds is 3. The maximum Gasteiger partial charge on any atom is 0.236 e. The standard InChI is InChI=1S/C19H28N2O/c1-15-6-3-8-17(12-15)18-9-5-10-20(18)14-19(22)21-11-4-7-16(2)13-21/h3,6,8,12,16,18H,4-5,7,9-11,13-14H2,1-2H3/t16-,18-/m0/s1. The van der Waals surface area contributed by atoms with Gasteiger partial charge in [-0.25, -0.2) is 0 Å². The number of hydrogen-bond donors (Lipinski definition) is 0. The molecule has 2 atom stereocenters. The van der Waals surface area contributed by atoms with Gasteiger partial charge in [-0.2, -0.15) is 0 Å². The third kappa shape index (κ3) is 3.52. The topological polar surface area (TPSA) is 23.6 Å². The summed E-state index contributed by atoms with van der Waals surface area (Å²) in [5, 5.41) is 0. The van der Waals surface area contributed by atoms with E-state index in [2.05, 4.69) is 47.9 Å². The molecule has 22 heavy (non-hydrogen) atoms. The molecule has 0 bridgehead atoms. The molecule has 0 aromatic heterocycles. The molecule has 1 aromatic rings. The lowest BCUT2D eigenvalue weighted by molar-refractivity contribution is -0.134. The number of likely N-dealkylation sites (tertiary alicyclic amines) is 2. The molecule has 3 rings (SSSR count). The van der Waals surface area contributed by atoms with Crippen molar-refractivity contribution in [3.63, 3.8) is 0 Å². The number of aryl methyl sites for hydroxylation is 1. The molecule has 2 heterocycles. The van der Waals surface area contributed by atoms with Gasteiger partial charge in [-0.15, -0.1) is 0 Å². The Morgan fingerprint density at radius 1 is 1.23 bits per heavy atom. The van der Waals surface area contributed by atoms with E-state index in [-0.39, 0.29) is 0 Å². The van der Waals surface area contributed by atoms with Crippen molar-refractivity contribution in [2.45, 2.75) is 45.6 Å². The van der Waals surface area contributed by atoms with Crippen molar-refractivity contribution < 1.29 is 4.79 Å². The van der Waals surface area contributed by atoms with E-state index in [9.17, 15) is 4.79 Å². The summed E-state index contributed by atoms with van der Waals surface area (Å²) in [6.07, 6.45) is 4.79. The highest BCUT2D eigenvalue weighted by atomic mass is 16.2. The fourth-order valence-electron chi connectivity index (χ4n) is 3.96. The predicted molar refractivity (Wildman–Crippen MR) is 89.7 cm³/mol. The van der Waals surface area contributed by atoms with E-state index in [0.29, 0.717) is 24.4 Å². The highest BCUT2D eigenvalue weighted by Gasteiger charge is 2.30. The maximum absolute atomic E-state index is 12.6. The Morgan fingerprint density at radius 3 is 2.82 bits per heavy atom. The summed E-state index contributed by atoms with van der Waals surface area (Å²) in [5.74, 6) is 0.981. The summed E-state index contributed by atoms with van der Waals surface area (Å²) in [5.41, 5.74) is 2.68. The fraction of sp³-hybridized carbons (Fsp3) is 0.632. The highest BCUT2D eigenvalue weighted by Crippen LogP contribution is 2.32. The van der Waals surface area contributed by atoms with Crippen LogP contribution in [0.4, 0.5) is 0 Å².